The number of aromatic nitrogens is 2. The van der Waals surface area contributed by atoms with Crippen molar-refractivity contribution in [3.05, 3.63) is 88.6 Å². The first kappa shape index (κ1) is 26.0. The molecule has 0 bridgehead atoms. The number of para-hydroxylation sites is 1. The summed E-state index contributed by atoms with van der Waals surface area (Å²) >= 11 is 4.91. The van der Waals surface area contributed by atoms with E-state index in [4.69, 9.17) is 14.2 Å². The van der Waals surface area contributed by atoms with Crippen molar-refractivity contribution < 1.29 is 19.0 Å². The summed E-state index contributed by atoms with van der Waals surface area (Å²) in [4.78, 5) is 35.8. The first-order chi connectivity index (χ1) is 18.3. The standard InChI is InChI=1S/C28H26BrN3O5S/c1-6-37-27(34)24-15(3)31-28-32(25(24)18-11-21(35-4)22(36-5)13-19(18)29)26(33)23(38-28)12-17-14(2)30-20-10-8-7-9-16(17)20/h7-13,25,30H,6H2,1-5H3. The molecule has 1 unspecified atom stereocenters. The summed E-state index contributed by atoms with van der Waals surface area (Å²) in [5.41, 5.74) is 4.08. The summed E-state index contributed by atoms with van der Waals surface area (Å²) in [6.45, 7) is 5.68. The van der Waals surface area contributed by atoms with E-state index in [1.807, 2.05) is 37.3 Å². The average Bonchev–Trinajstić information content (AvgIpc) is 3.38. The number of carbonyl (C=O) groups is 1. The van der Waals surface area contributed by atoms with Crippen molar-refractivity contribution in [1.29, 1.82) is 0 Å². The highest BCUT2D eigenvalue weighted by Crippen LogP contribution is 2.40. The van der Waals surface area contributed by atoms with Crippen LogP contribution in [0.1, 0.15) is 36.7 Å². The Kier molecular flexibility index (Phi) is 7.02. The molecule has 196 valence electrons. The van der Waals surface area contributed by atoms with Crippen LogP contribution in [0.4, 0.5) is 0 Å². The lowest BCUT2D eigenvalue weighted by molar-refractivity contribution is -0.139. The Labute approximate surface area is 231 Å². The molecule has 2 aromatic carbocycles. The predicted octanol–water partition coefficient (Wildman–Crippen LogP) is 4.37. The van der Waals surface area contributed by atoms with Crippen molar-refractivity contribution in [2.24, 2.45) is 4.99 Å². The van der Waals surface area contributed by atoms with Crippen molar-refractivity contribution in [3.63, 3.8) is 0 Å². The van der Waals surface area contributed by atoms with Crippen molar-refractivity contribution in [1.82, 2.24) is 9.55 Å². The number of nitrogens with one attached hydrogen (secondary N) is 1. The van der Waals surface area contributed by atoms with Crippen LogP contribution in [0.15, 0.2) is 61.9 Å². The van der Waals surface area contributed by atoms with Crippen molar-refractivity contribution in [2.75, 3.05) is 20.8 Å². The third kappa shape index (κ3) is 4.27. The molecular weight excluding hydrogens is 570 g/mol. The zero-order valence-electron chi connectivity index (χ0n) is 21.5. The molecule has 0 aliphatic carbocycles. The first-order valence-corrected chi connectivity index (χ1v) is 13.6. The Morgan fingerprint density at radius 3 is 2.61 bits per heavy atom. The van der Waals surface area contributed by atoms with Crippen LogP contribution in [0.5, 0.6) is 11.5 Å². The summed E-state index contributed by atoms with van der Waals surface area (Å²) in [7, 11) is 3.09. The fourth-order valence-electron chi connectivity index (χ4n) is 4.78. The van der Waals surface area contributed by atoms with Gasteiger partial charge in [0.05, 0.1) is 42.7 Å². The molecule has 1 aliphatic heterocycles. The number of esters is 1. The second kappa shape index (κ2) is 10.3. The van der Waals surface area contributed by atoms with E-state index in [1.165, 1.54) is 18.4 Å². The molecule has 5 rings (SSSR count). The Morgan fingerprint density at radius 1 is 1.18 bits per heavy atom. The smallest absolute Gasteiger partial charge is 0.338 e. The number of carbonyl (C=O) groups excluding carboxylic acids is 1. The lowest BCUT2D eigenvalue weighted by Crippen LogP contribution is -2.40. The molecule has 0 saturated carbocycles. The van der Waals surface area contributed by atoms with Crippen molar-refractivity contribution in [3.8, 4) is 11.5 Å². The highest BCUT2D eigenvalue weighted by Gasteiger charge is 2.35. The molecule has 0 spiro atoms. The number of rotatable bonds is 6. The number of aryl methyl sites for hydroxylation is 1. The van der Waals surface area contributed by atoms with E-state index in [-0.39, 0.29) is 12.2 Å². The Hall–Kier alpha value is -3.63. The van der Waals surface area contributed by atoms with Crippen LogP contribution in [-0.2, 0) is 9.53 Å². The van der Waals surface area contributed by atoms with Gasteiger partial charge in [-0.3, -0.25) is 9.36 Å². The lowest BCUT2D eigenvalue weighted by atomic mass is 9.95. The minimum atomic E-state index is -0.786. The number of H-pyrrole nitrogens is 1. The van der Waals surface area contributed by atoms with E-state index in [9.17, 15) is 9.59 Å². The van der Waals surface area contributed by atoms with Gasteiger partial charge in [-0.05, 0) is 50.6 Å². The van der Waals surface area contributed by atoms with Gasteiger partial charge < -0.3 is 19.2 Å². The topological polar surface area (TPSA) is 94.9 Å². The van der Waals surface area contributed by atoms with Gasteiger partial charge in [0.1, 0.15) is 0 Å². The molecule has 38 heavy (non-hydrogen) atoms. The zero-order chi connectivity index (χ0) is 27.1. The second-order valence-electron chi connectivity index (χ2n) is 8.74. The minimum Gasteiger partial charge on any atom is -0.493 e. The number of hydrogen-bond acceptors (Lipinski definition) is 7. The summed E-state index contributed by atoms with van der Waals surface area (Å²) in [6.07, 6.45) is 1.89. The first-order valence-electron chi connectivity index (χ1n) is 12.0. The summed E-state index contributed by atoms with van der Waals surface area (Å²) in [6, 6.07) is 10.7. The minimum absolute atomic E-state index is 0.194. The molecule has 8 nitrogen and oxygen atoms in total. The predicted molar refractivity (Wildman–Crippen MR) is 151 cm³/mol. The Morgan fingerprint density at radius 2 is 1.89 bits per heavy atom. The number of ether oxygens (including phenoxy) is 3. The number of allylic oxidation sites excluding steroid dienone is 1. The molecule has 1 N–H and O–H groups in total. The molecule has 10 heteroatoms. The quantitative estimate of drug-likeness (QED) is 0.334. The van der Waals surface area contributed by atoms with Crippen LogP contribution in [0.3, 0.4) is 0 Å². The van der Waals surface area contributed by atoms with Crippen LogP contribution < -0.4 is 24.4 Å². The summed E-state index contributed by atoms with van der Waals surface area (Å²) in [5.74, 6) is 0.464. The van der Waals surface area contributed by atoms with Gasteiger partial charge in [0.15, 0.2) is 16.3 Å². The SMILES string of the molecule is CCOC(=O)C1=C(C)N=c2sc(=Cc3c(C)[nH]c4ccccc34)c(=O)n2C1c1cc(OC)c(OC)cc1Br. The fraction of sp³-hybridized carbons (Fsp3) is 0.250. The summed E-state index contributed by atoms with van der Waals surface area (Å²) in [5, 5.41) is 1.03. The molecule has 1 aliphatic rings. The number of nitrogens with zero attached hydrogens (tertiary/aromatic N) is 2. The third-order valence-electron chi connectivity index (χ3n) is 6.53. The molecule has 0 amide bonds. The highest BCUT2D eigenvalue weighted by molar-refractivity contribution is 9.10. The molecule has 0 radical (unpaired) electrons. The summed E-state index contributed by atoms with van der Waals surface area (Å²) < 4.78 is 19.1. The maximum absolute atomic E-state index is 14.0. The van der Waals surface area contributed by atoms with Gasteiger partial charge in [-0.1, -0.05) is 45.5 Å². The maximum Gasteiger partial charge on any atom is 0.338 e. The van der Waals surface area contributed by atoms with E-state index in [2.05, 4.69) is 25.9 Å². The van der Waals surface area contributed by atoms with Gasteiger partial charge in [-0.15, -0.1) is 0 Å². The molecule has 1 atom stereocenters. The largest absolute Gasteiger partial charge is 0.493 e. The van der Waals surface area contributed by atoms with Gasteiger partial charge in [-0.2, -0.15) is 0 Å². The van der Waals surface area contributed by atoms with Crippen LogP contribution in [0, 0.1) is 6.92 Å². The van der Waals surface area contributed by atoms with Crippen LogP contribution in [-0.4, -0.2) is 36.3 Å². The molecule has 0 fully saturated rings. The number of halogens is 1. The Balaban J connectivity index is 1.80. The number of fused-ring (bicyclic) bond motifs is 2. The third-order valence-corrected chi connectivity index (χ3v) is 8.20. The normalized spacial score (nSPS) is 15.4. The molecular formula is C28H26BrN3O5S. The van der Waals surface area contributed by atoms with Crippen LogP contribution in [0.2, 0.25) is 0 Å². The van der Waals surface area contributed by atoms with Crippen LogP contribution in [0.25, 0.3) is 17.0 Å². The van der Waals surface area contributed by atoms with Gasteiger partial charge in [0.25, 0.3) is 5.56 Å². The van der Waals surface area contributed by atoms with Gasteiger partial charge in [0, 0.05) is 26.6 Å². The van der Waals surface area contributed by atoms with Gasteiger partial charge in [-0.25, -0.2) is 9.79 Å². The van der Waals surface area contributed by atoms with Crippen molar-refractivity contribution in [2.45, 2.75) is 26.8 Å². The van der Waals surface area contributed by atoms with E-state index in [0.717, 1.165) is 22.2 Å². The van der Waals surface area contributed by atoms with Crippen molar-refractivity contribution >= 4 is 50.2 Å². The van der Waals surface area contributed by atoms with Crippen LogP contribution >= 0.6 is 27.3 Å². The number of methoxy groups -OCH3 is 2. The fourth-order valence-corrected chi connectivity index (χ4v) is 6.35. The molecule has 3 heterocycles. The molecule has 2 aromatic heterocycles. The maximum atomic E-state index is 14.0. The highest BCUT2D eigenvalue weighted by atomic mass is 79.9. The molecule has 4 aromatic rings. The monoisotopic (exact) mass is 595 g/mol. The molecule has 0 saturated heterocycles. The van der Waals surface area contributed by atoms with E-state index >= 15 is 0 Å². The zero-order valence-corrected chi connectivity index (χ0v) is 24.0. The number of hydrogen-bond donors (Lipinski definition) is 1. The second-order valence-corrected chi connectivity index (χ2v) is 10.6. The Bertz CT molecular complexity index is 1800. The van der Waals surface area contributed by atoms with E-state index in [0.29, 0.717) is 42.1 Å². The van der Waals surface area contributed by atoms with E-state index < -0.39 is 12.0 Å². The number of benzene rings is 2. The van der Waals surface area contributed by atoms with E-state index in [1.54, 1.807) is 37.7 Å². The number of thiazole rings is 1. The van der Waals surface area contributed by atoms with Gasteiger partial charge in [0.2, 0.25) is 0 Å². The lowest BCUT2D eigenvalue weighted by Gasteiger charge is -2.26. The average molecular weight is 597 g/mol. The number of aromatic amines is 1. The van der Waals surface area contributed by atoms with Gasteiger partial charge >= 0.3 is 5.97 Å².